The minimum atomic E-state index is -1.65. The fraction of sp³-hybridized carbons (Fsp3) is 0.312. The average Bonchev–Trinajstić information content (AvgIpc) is 3.37. The normalized spacial score (nSPS) is 22.5. The summed E-state index contributed by atoms with van der Waals surface area (Å²) in [6, 6.07) is 18.2. The Morgan fingerprint density at radius 1 is 0.846 bits per heavy atom. The molecule has 3 aliphatic rings. The van der Waals surface area contributed by atoms with Crippen LogP contribution in [-0.2, 0) is 4.79 Å². The highest BCUT2D eigenvalue weighted by Gasteiger charge is 2.73. The SMILES string of the molecule is COc1cccc([C@@H]2[C@@H](C(=O)C(C)(C)C)N3N=Cc4ccccc4C3C23C(=O)c2ccccc2C3=O)c1OC. The zero-order valence-electron chi connectivity index (χ0n) is 22.6. The van der Waals surface area contributed by atoms with Crippen molar-refractivity contribution in [3.05, 3.63) is 94.5 Å². The van der Waals surface area contributed by atoms with Gasteiger partial charge in [0, 0.05) is 28.0 Å². The number of hydrazone groups is 1. The van der Waals surface area contributed by atoms with E-state index in [1.165, 1.54) is 14.2 Å². The predicted molar refractivity (Wildman–Crippen MR) is 147 cm³/mol. The summed E-state index contributed by atoms with van der Waals surface area (Å²) in [5.41, 5.74) is 0.470. The summed E-state index contributed by atoms with van der Waals surface area (Å²) < 4.78 is 11.5. The van der Waals surface area contributed by atoms with Crippen LogP contribution in [0.4, 0.5) is 0 Å². The number of carbonyl (C=O) groups is 3. The van der Waals surface area contributed by atoms with Crippen molar-refractivity contribution in [3.63, 3.8) is 0 Å². The van der Waals surface area contributed by atoms with Crippen LogP contribution in [0, 0.1) is 10.8 Å². The lowest BCUT2D eigenvalue weighted by molar-refractivity contribution is -0.131. The number of fused-ring (bicyclic) bond motifs is 5. The first-order valence-electron chi connectivity index (χ1n) is 13.0. The summed E-state index contributed by atoms with van der Waals surface area (Å²) in [6.07, 6.45) is 1.71. The van der Waals surface area contributed by atoms with Crippen LogP contribution in [0.15, 0.2) is 71.8 Å². The molecular weight excluding hydrogens is 492 g/mol. The second kappa shape index (κ2) is 8.63. The summed E-state index contributed by atoms with van der Waals surface area (Å²) in [6.45, 7) is 5.55. The van der Waals surface area contributed by atoms with Crippen LogP contribution < -0.4 is 9.47 Å². The monoisotopic (exact) mass is 522 g/mol. The van der Waals surface area contributed by atoms with Gasteiger partial charge in [0.1, 0.15) is 11.5 Å². The minimum Gasteiger partial charge on any atom is -0.493 e. The van der Waals surface area contributed by atoms with Crippen LogP contribution >= 0.6 is 0 Å². The first-order valence-corrected chi connectivity index (χ1v) is 13.0. The van der Waals surface area contributed by atoms with Crippen molar-refractivity contribution in [2.24, 2.45) is 15.9 Å². The first kappa shape index (κ1) is 25.0. The molecular formula is C32H30N2O5. The van der Waals surface area contributed by atoms with Gasteiger partial charge in [-0.15, -0.1) is 0 Å². The molecule has 7 heteroatoms. The van der Waals surface area contributed by atoms with Crippen molar-refractivity contribution in [1.29, 1.82) is 0 Å². The third-order valence-electron chi connectivity index (χ3n) is 8.35. The van der Waals surface area contributed by atoms with Crippen LogP contribution in [0.2, 0.25) is 0 Å². The third kappa shape index (κ3) is 3.22. The molecule has 2 heterocycles. The Morgan fingerprint density at radius 3 is 2.08 bits per heavy atom. The Labute approximate surface area is 227 Å². The standard InChI is InChI=1S/C32H30N2O5/c1-31(2,3)30(37)25-24(22-15-10-16-23(38-4)26(22)39-5)32(28(35)20-13-8-9-14-21(20)29(32)36)27-19-12-7-6-11-18(19)17-33-34(25)27/h6-17,24-25,27H,1-5H3/t24-,25+,27?/m1/s1. The Morgan fingerprint density at radius 2 is 1.46 bits per heavy atom. The molecule has 0 amide bonds. The van der Waals surface area contributed by atoms with E-state index in [1.807, 2.05) is 51.1 Å². The van der Waals surface area contributed by atoms with Gasteiger partial charge in [-0.25, -0.2) is 0 Å². The number of carbonyl (C=O) groups excluding carboxylic acids is 3. The van der Waals surface area contributed by atoms with Crippen LogP contribution in [-0.4, -0.2) is 48.8 Å². The highest BCUT2D eigenvalue weighted by atomic mass is 16.5. The zero-order chi connectivity index (χ0) is 27.7. The number of ether oxygens (including phenoxy) is 2. The molecule has 1 fully saturated rings. The van der Waals surface area contributed by atoms with E-state index in [1.54, 1.807) is 47.6 Å². The summed E-state index contributed by atoms with van der Waals surface area (Å²) in [5, 5.41) is 6.49. The number of hydrogen-bond donors (Lipinski definition) is 0. The topological polar surface area (TPSA) is 85.3 Å². The van der Waals surface area contributed by atoms with Crippen molar-refractivity contribution in [1.82, 2.24) is 5.01 Å². The van der Waals surface area contributed by atoms with E-state index in [4.69, 9.17) is 14.6 Å². The number of Topliss-reactive ketones (excluding diaryl/α,β-unsaturated/α-hetero) is 3. The molecule has 3 aromatic rings. The molecule has 3 aromatic carbocycles. The number of hydrogen-bond acceptors (Lipinski definition) is 7. The number of rotatable bonds is 4. The van der Waals surface area contributed by atoms with E-state index in [0.29, 0.717) is 28.2 Å². The number of benzene rings is 3. The number of para-hydroxylation sites is 1. The van der Waals surface area contributed by atoms with Crippen LogP contribution in [0.5, 0.6) is 11.5 Å². The van der Waals surface area contributed by atoms with Gasteiger partial charge >= 0.3 is 0 Å². The Kier molecular flexibility index (Phi) is 5.54. The Hall–Kier alpha value is -4.26. The van der Waals surface area contributed by atoms with Crippen molar-refractivity contribution in [2.45, 2.75) is 38.8 Å². The van der Waals surface area contributed by atoms with Gasteiger partial charge in [-0.1, -0.05) is 81.4 Å². The van der Waals surface area contributed by atoms with E-state index in [9.17, 15) is 14.4 Å². The van der Waals surface area contributed by atoms with E-state index < -0.39 is 28.8 Å². The minimum absolute atomic E-state index is 0.118. The second-order valence-electron chi connectivity index (χ2n) is 11.3. The molecule has 3 atom stereocenters. The summed E-state index contributed by atoms with van der Waals surface area (Å²) in [4.78, 5) is 43.9. The molecule has 2 aliphatic heterocycles. The van der Waals surface area contributed by atoms with Crippen molar-refractivity contribution >= 4 is 23.6 Å². The quantitative estimate of drug-likeness (QED) is 0.436. The molecule has 1 unspecified atom stereocenters. The fourth-order valence-electron chi connectivity index (χ4n) is 6.72. The Balaban J connectivity index is 1.75. The molecule has 0 bridgehead atoms. The van der Waals surface area contributed by atoms with E-state index in [-0.39, 0.29) is 17.3 Å². The van der Waals surface area contributed by atoms with Crippen molar-refractivity contribution in [2.75, 3.05) is 14.2 Å². The molecule has 1 spiro atoms. The molecule has 198 valence electrons. The molecule has 0 saturated carbocycles. The average molecular weight is 523 g/mol. The van der Waals surface area contributed by atoms with Gasteiger partial charge < -0.3 is 9.47 Å². The van der Waals surface area contributed by atoms with Gasteiger partial charge in [-0.2, -0.15) is 5.10 Å². The molecule has 7 nitrogen and oxygen atoms in total. The van der Waals surface area contributed by atoms with E-state index >= 15 is 0 Å². The van der Waals surface area contributed by atoms with E-state index in [0.717, 1.165) is 11.1 Å². The second-order valence-corrected chi connectivity index (χ2v) is 11.3. The zero-order valence-corrected chi connectivity index (χ0v) is 22.6. The highest BCUT2D eigenvalue weighted by molar-refractivity contribution is 6.31. The molecule has 0 aromatic heterocycles. The summed E-state index contributed by atoms with van der Waals surface area (Å²) in [7, 11) is 3.06. The lowest BCUT2D eigenvalue weighted by atomic mass is 9.62. The first-order chi connectivity index (χ1) is 18.7. The number of methoxy groups -OCH3 is 2. The molecule has 39 heavy (non-hydrogen) atoms. The highest BCUT2D eigenvalue weighted by Crippen LogP contribution is 2.66. The smallest absolute Gasteiger partial charge is 0.180 e. The maximum atomic E-state index is 14.8. The van der Waals surface area contributed by atoms with Crippen LogP contribution in [0.1, 0.15) is 70.1 Å². The summed E-state index contributed by atoms with van der Waals surface area (Å²) >= 11 is 0. The molecule has 0 radical (unpaired) electrons. The summed E-state index contributed by atoms with van der Waals surface area (Å²) in [5.74, 6) is -0.767. The molecule has 6 rings (SSSR count). The lowest BCUT2D eigenvalue weighted by Gasteiger charge is -2.36. The van der Waals surface area contributed by atoms with Crippen molar-refractivity contribution in [3.8, 4) is 11.5 Å². The maximum absolute atomic E-state index is 14.8. The third-order valence-corrected chi connectivity index (χ3v) is 8.35. The maximum Gasteiger partial charge on any atom is 0.180 e. The van der Waals surface area contributed by atoms with Gasteiger partial charge in [0.05, 0.1) is 26.5 Å². The van der Waals surface area contributed by atoms with Crippen LogP contribution in [0.3, 0.4) is 0 Å². The van der Waals surface area contributed by atoms with Crippen molar-refractivity contribution < 1.29 is 23.9 Å². The lowest BCUT2D eigenvalue weighted by Crippen LogP contribution is -2.45. The van der Waals surface area contributed by atoms with Gasteiger partial charge in [0.2, 0.25) is 0 Å². The number of ketones is 3. The largest absolute Gasteiger partial charge is 0.493 e. The molecule has 0 N–H and O–H groups in total. The predicted octanol–water partition coefficient (Wildman–Crippen LogP) is 5.24. The molecule has 1 aliphatic carbocycles. The fourth-order valence-corrected chi connectivity index (χ4v) is 6.72. The van der Waals surface area contributed by atoms with Gasteiger partial charge in [-0.3, -0.25) is 19.4 Å². The molecule has 1 saturated heterocycles. The Bertz CT molecular complexity index is 1530. The van der Waals surface area contributed by atoms with Gasteiger partial charge in [0.15, 0.2) is 28.8 Å². The number of nitrogens with zero attached hydrogens (tertiary/aromatic N) is 2. The van der Waals surface area contributed by atoms with Gasteiger partial charge in [-0.05, 0) is 17.2 Å². The van der Waals surface area contributed by atoms with E-state index in [2.05, 4.69) is 0 Å². The van der Waals surface area contributed by atoms with Gasteiger partial charge in [0.25, 0.3) is 0 Å². The van der Waals surface area contributed by atoms with Crippen LogP contribution in [0.25, 0.3) is 0 Å².